The summed E-state index contributed by atoms with van der Waals surface area (Å²) in [4.78, 5) is 21.9. The Hall–Kier alpha value is -1.10. The summed E-state index contributed by atoms with van der Waals surface area (Å²) in [6.07, 6.45) is 2.19. The normalized spacial score (nSPS) is 12.1. The van der Waals surface area contributed by atoms with Crippen molar-refractivity contribution in [1.82, 2.24) is 10.6 Å². The predicted octanol–water partition coefficient (Wildman–Crippen LogP) is 0.355. The number of hydrogen-bond donors (Lipinski definition) is 3. The van der Waals surface area contributed by atoms with Gasteiger partial charge >= 0.3 is 5.97 Å². The Labute approximate surface area is 90.2 Å². The molecule has 0 bridgehead atoms. The molecule has 15 heavy (non-hydrogen) atoms. The Kier molecular flexibility index (Phi) is 7.62. The van der Waals surface area contributed by atoms with Gasteiger partial charge in [0.05, 0.1) is 6.54 Å². The van der Waals surface area contributed by atoms with Gasteiger partial charge in [-0.2, -0.15) is 0 Å². The zero-order chi connectivity index (χ0) is 11.7. The highest BCUT2D eigenvalue weighted by Gasteiger charge is 2.16. The maximum atomic E-state index is 11.2. The van der Waals surface area contributed by atoms with E-state index >= 15 is 0 Å². The minimum absolute atomic E-state index is 0.0664. The first-order valence-corrected chi connectivity index (χ1v) is 5.34. The van der Waals surface area contributed by atoms with E-state index in [9.17, 15) is 9.59 Å². The number of carboxylic acid groups (broad SMARTS) is 1. The second-order valence-corrected chi connectivity index (χ2v) is 3.41. The van der Waals surface area contributed by atoms with E-state index in [4.69, 9.17) is 5.11 Å². The van der Waals surface area contributed by atoms with Gasteiger partial charge in [0.1, 0.15) is 6.04 Å². The van der Waals surface area contributed by atoms with Crippen molar-refractivity contribution in [3.8, 4) is 0 Å². The van der Waals surface area contributed by atoms with Crippen LogP contribution in [-0.4, -0.2) is 36.1 Å². The molecule has 0 fully saturated rings. The van der Waals surface area contributed by atoms with Crippen molar-refractivity contribution in [1.29, 1.82) is 0 Å². The average Bonchev–Trinajstić information content (AvgIpc) is 2.20. The third kappa shape index (κ3) is 6.90. The number of carbonyl (C=O) groups excluding carboxylic acids is 1. The zero-order valence-corrected chi connectivity index (χ0v) is 9.38. The molecular formula is C10H20N2O3. The molecule has 0 heterocycles. The number of carboxylic acids is 1. The van der Waals surface area contributed by atoms with Crippen LogP contribution in [0.2, 0.25) is 0 Å². The van der Waals surface area contributed by atoms with Crippen molar-refractivity contribution in [2.45, 2.75) is 39.2 Å². The van der Waals surface area contributed by atoms with Crippen LogP contribution in [0.3, 0.4) is 0 Å². The van der Waals surface area contributed by atoms with E-state index in [1.54, 1.807) is 0 Å². The monoisotopic (exact) mass is 216 g/mol. The van der Waals surface area contributed by atoms with Gasteiger partial charge < -0.3 is 10.4 Å². The lowest BCUT2D eigenvalue weighted by molar-refractivity contribution is -0.139. The molecule has 1 amide bonds. The highest BCUT2D eigenvalue weighted by molar-refractivity contribution is 5.79. The van der Waals surface area contributed by atoms with Crippen molar-refractivity contribution in [2.24, 2.45) is 0 Å². The summed E-state index contributed by atoms with van der Waals surface area (Å²) in [6, 6.07) is -0.623. The number of hydrogen-bond acceptors (Lipinski definition) is 3. The molecule has 0 aromatic heterocycles. The summed E-state index contributed by atoms with van der Waals surface area (Å²) in [5.74, 6) is -1.06. The summed E-state index contributed by atoms with van der Waals surface area (Å²) in [7, 11) is 0. The van der Waals surface area contributed by atoms with Crippen molar-refractivity contribution in [3.63, 3.8) is 0 Å². The van der Waals surface area contributed by atoms with Gasteiger partial charge in [-0.3, -0.25) is 14.9 Å². The number of amides is 1. The van der Waals surface area contributed by atoms with Crippen molar-refractivity contribution in [3.05, 3.63) is 0 Å². The summed E-state index contributed by atoms with van der Waals surface area (Å²) < 4.78 is 0. The topological polar surface area (TPSA) is 78.4 Å². The van der Waals surface area contributed by atoms with Gasteiger partial charge in [0.15, 0.2) is 0 Å². The van der Waals surface area contributed by atoms with E-state index in [-0.39, 0.29) is 12.5 Å². The Balaban J connectivity index is 3.78. The zero-order valence-electron chi connectivity index (χ0n) is 9.38. The molecule has 5 heteroatoms. The van der Waals surface area contributed by atoms with E-state index in [2.05, 4.69) is 10.6 Å². The fourth-order valence-corrected chi connectivity index (χ4v) is 1.14. The van der Waals surface area contributed by atoms with Gasteiger partial charge in [-0.25, -0.2) is 0 Å². The molecule has 3 N–H and O–H groups in total. The summed E-state index contributed by atoms with van der Waals surface area (Å²) in [5, 5.41) is 14.2. The Morgan fingerprint density at radius 1 is 1.27 bits per heavy atom. The largest absolute Gasteiger partial charge is 0.480 e. The van der Waals surface area contributed by atoms with Gasteiger partial charge in [-0.05, 0) is 12.8 Å². The van der Waals surface area contributed by atoms with E-state index in [0.29, 0.717) is 13.0 Å². The lowest BCUT2D eigenvalue weighted by Crippen LogP contribution is -2.43. The highest BCUT2D eigenvalue weighted by Crippen LogP contribution is 1.95. The van der Waals surface area contributed by atoms with Crippen LogP contribution in [0.5, 0.6) is 0 Å². The van der Waals surface area contributed by atoms with Crippen molar-refractivity contribution in [2.75, 3.05) is 13.1 Å². The van der Waals surface area contributed by atoms with Crippen LogP contribution in [0.25, 0.3) is 0 Å². The van der Waals surface area contributed by atoms with E-state index in [1.807, 2.05) is 13.8 Å². The number of aliphatic carboxylic acids is 1. The minimum Gasteiger partial charge on any atom is -0.480 e. The summed E-state index contributed by atoms with van der Waals surface area (Å²) in [5.41, 5.74) is 0. The van der Waals surface area contributed by atoms with Crippen LogP contribution in [0.4, 0.5) is 0 Å². The molecule has 0 aliphatic carbocycles. The maximum Gasteiger partial charge on any atom is 0.320 e. The minimum atomic E-state index is -0.903. The molecule has 88 valence electrons. The second kappa shape index (κ2) is 8.23. The average molecular weight is 216 g/mol. The molecule has 0 radical (unpaired) electrons. The number of rotatable bonds is 8. The molecule has 0 saturated carbocycles. The second-order valence-electron chi connectivity index (χ2n) is 3.41. The number of nitrogens with one attached hydrogen (secondary N) is 2. The first kappa shape index (κ1) is 13.9. The van der Waals surface area contributed by atoms with Gasteiger partial charge in [-0.15, -0.1) is 0 Å². The van der Waals surface area contributed by atoms with Crippen LogP contribution in [0.15, 0.2) is 0 Å². The van der Waals surface area contributed by atoms with Crippen LogP contribution in [0, 0.1) is 0 Å². The third-order valence-electron chi connectivity index (χ3n) is 1.96. The molecule has 0 rings (SSSR count). The Morgan fingerprint density at radius 3 is 2.40 bits per heavy atom. The van der Waals surface area contributed by atoms with Gasteiger partial charge in [0.2, 0.25) is 5.91 Å². The van der Waals surface area contributed by atoms with Gasteiger partial charge in [0, 0.05) is 6.54 Å². The fraction of sp³-hybridized carbons (Fsp3) is 0.800. The van der Waals surface area contributed by atoms with Crippen LogP contribution < -0.4 is 10.6 Å². The van der Waals surface area contributed by atoms with Gasteiger partial charge in [-0.1, -0.05) is 20.3 Å². The van der Waals surface area contributed by atoms with Crippen molar-refractivity contribution >= 4 is 11.9 Å². The SMILES string of the molecule is CCCNC(=O)CNC(CCC)C(=O)O. The molecule has 0 saturated heterocycles. The highest BCUT2D eigenvalue weighted by atomic mass is 16.4. The molecule has 0 aromatic rings. The molecule has 5 nitrogen and oxygen atoms in total. The Morgan fingerprint density at radius 2 is 1.93 bits per heavy atom. The quantitative estimate of drug-likeness (QED) is 0.547. The molecular weight excluding hydrogens is 196 g/mol. The number of carbonyl (C=O) groups is 2. The molecule has 1 atom stereocenters. The summed E-state index contributed by atoms with van der Waals surface area (Å²) >= 11 is 0. The van der Waals surface area contributed by atoms with Gasteiger partial charge in [0.25, 0.3) is 0 Å². The smallest absolute Gasteiger partial charge is 0.320 e. The first-order valence-electron chi connectivity index (χ1n) is 5.34. The standard InChI is InChI=1S/C10H20N2O3/c1-3-5-8(10(14)15)12-7-9(13)11-6-4-2/h8,12H,3-7H2,1-2H3,(H,11,13)(H,14,15). The van der Waals surface area contributed by atoms with Crippen LogP contribution >= 0.6 is 0 Å². The molecule has 0 aromatic carbocycles. The molecule has 1 unspecified atom stereocenters. The molecule has 0 spiro atoms. The lowest BCUT2D eigenvalue weighted by Gasteiger charge is -2.12. The Bertz CT molecular complexity index is 207. The van der Waals surface area contributed by atoms with E-state index < -0.39 is 12.0 Å². The van der Waals surface area contributed by atoms with E-state index in [0.717, 1.165) is 12.8 Å². The third-order valence-corrected chi connectivity index (χ3v) is 1.96. The molecule has 0 aliphatic rings. The van der Waals surface area contributed by atoms with Crippen LogP contribution in [0.1, 0.15) is 33.1 Å². The summed E-state index contributed by atoms with van der Waals surface area (Å²) in [6.45, 7) is 4.57. The molecule has 0 aliphatic heterocycles. The first-order chi connectivity index (χ1) is 7.11. The predicted molar refractivity (Wildman–Crippen MR) is 57.6 cm³/mol. The van der Waals surface area contributed by atoms with E-state index in [1.165, 1.54) is 0 Å². The van der Waals surface area contributed by atoms with Crippen molar-refractivity contribution < 1.29 is 14.7 Å². The lowest BCUT2D eigenvalue weighted by atomic mass is 10.2. The maximum absolute atomic E-state index is 11.2. The fourth-order valence-electron chi connectivity index (χ4n) is 1.14. The van der Waals surface area contributed by atoms with Crippen LogP contribution in [-0.2, 0) is 9.59 Å².